The summed E-state index contributed by atoms with van der Waals surface area (Å²) in [4.78, 5) is 12.4. The minimum atomic E-state index is 0.378. The monoisotopic (exact) mass is 250 g/mol. The van der Waals surface area contributed by atoms with Crippen LogP contribution in [-0.2, 0) is 6.54 Å². The van der Waals surface area contributed by atoms with E-state index in [0.717, 1.165) is 5.56 Å². The van der Waals surface area contributed by atoms with Gasteiger partial charge >= 0.3 is 0 Å². The number of hydrogen-bond acceptors (Lipinski definition) is 5. The Morgan fingerprint density at radius 2 is 1.95 bits per heavy atom. The first-order valence-electron chi connectivity index (χ1n) is 5.68. The average Bonchev–Trinajstić information content (AvgIpc) is 2.93. The lowest BCUT2D eigenvalue weighted by atomic mass is 10.1. The molecule has 92 valence electrons. The molecule has 0 atom stereocenters. The van der Waals surface area contributed by atoms with Gasteiger partial charge in [-0.25, -0.2) is 15.0 Å². The van der Waals surface area contributed by atoms with Gasteiger partial charge in [0.2, 0.25) is 0 Å². The number of fused-ring (bicyclic) bond motifs is 1. The SMILES string of the molecule is N#Cc1ccc(Cn2cnc(N)c3ncnc2-3)cc1. The van der Waals surface area contributed by atoms with Crippen LogP contribution in [0, 0.1) is 11.3 Å². The van der Waals surface area contributed by atoms with E-state index in [9.17, 15) is 0 Å². The van der Waals surface area contributed by atoms with Crippen molar-refractivity contribution in [3.8, 4) is 17.6 Å². The zero-order valence-electron chi connectivity index (χ0n) is 9.98. The predicted molar refractivity (Wildman–Crippen MR) is 69.1 cm³/mol. The molecule has 0 bridgehead atoms. The molecule has 0 aromatic heterocycles. The lowest BCUT2D eigenvalue weighted by molar-refractivity contribution is 0.762. The highest BCUT2D eigenvalue weighted by atomic mass is 15.1. The van der Waals surface area contributed by atoms with Gasteiger partial charge in [-0.05, 0) is 17.7 Å². The van der Waals surface area contributed by atoms with Crippen molar-refractivity contribution in [3.63, 3.8) is 0 Å². The number of anilines is 1. The summed E-state index contributed by atoms with van der Waals surface area (Å²) in [7, 11) is 0. The second-order valence-electron chi connectivity index (χ2n) is 4.11. The summed E-state index contributed by atoms with van der Waals surface area (Å²) in [6, 6.07) is 9.48. The Kier molecular flexibility index (Phi) is 2.58. The molecule has 6 heteroatoms. The van der Waals surface area contributed by atoms with Crippen molar-refractivity contribution in [1.82, 2.24) is 19.5 Å². The topological polar surface area (TPSA) is 93.4 Å². The number of nitrogen functional groups attached to an aromatic ring is 1. The smallest absolute Gasteiger partial charge is 0.165 e. The van der Waals surface area contributed by atoms with E-state index in [1.807, 2.05) is 16.7 Å². The largest absolute Gasteiger partial charge is 0.382 e. The zero-order valence-corrected chi connectivity index (χ0v) is 9.98. The van der Waals surface area contributed by atoms with Crippen LogP contribution in [0.5, 0.6) is 0 Å². The van der Waals surface area contributed by atoms with Gasteiger partial charge in [0.25, 0.3) is 0 Å². The maximum absolute atomic E-state index is 8.76. The van der Waals surface area contributed by atoms with E-state index in [4.69, 9.17) is 11.0 Å². The molecule has 0 amide bonds. The van der Waals surface area contributed by atoms with Crippen LogP contribution in [0.15, 0.2) is 36.9 Å². The Labute approximate surface area is 109 Å². The number of nitrogens with two attached hydrogens (primary N) is 1. The summed E-state index contributed by atoms with van der Waals surface area (Å²) >= 11 is 0. The van der Waals surface area contributed by atoms with Crippen LogP contribution in [0.4, 0.5) is 5.82 Å². The van der Waals surface area contributed by atoms with Crippen LogP contribution in [0.1, 0.15) is 11.1 Å². The Bertz CT molecular complexity index is 722. The Hall–Kier alpha value is -2.94. The van der Waals surface area contributed by atoms with Crippen LogP contribution in [-0.4, -0.2) is 19.5 Å². The highest BCUT2D eigenvalue weighted by molar-refractivity contribution is 5.64. The fourth-order valence-electron chi connectivity index (χ4n) is 1.90. The molecule has 1 aromatic rings. The standard InChI is InChI=1S/C13H10N6/c14-5-9-1-3-10(4-2-9)6-19-8-18-12(15)11-13(19)17-7-16-11/h1-4,7-8H,6,15H2. The fraction of sp³-hybridized carbons (Fsp3) is 0.0769. The summed E-state index contributed by atoms with van der Waals surface area (Å²) in [6.45, 7) is 0.605. The summed E-state index contributed by atoms with van der Waals surface area (Å²) in [5, 5.41) is 8.76. The van der Waals surface area contributed by atoms with Gasteiger partial charge in [-0.1, -0.05) is 12.1 Å². The van der Waals surface area contributed by atoms with Gasteiger partial charge in [0.1, 0.15) is 12.0 Å². The molecule has 0 radical (unpaired) electrons. The molecule has 1 aromatic carbocycles. The van der Waals surface area contributed by atoms with Crippen molar-refractivity contribution in [2.45, 2.75) is 6.54 Å². The van der Waals surface area contributed by atoms with Crippen molar-refractivity contribution < 1.29 is 0 Å². The van der Waals surface area contributed by atoms with Crippen LogP contribution >= 0.6 is 0 Å². The number of nitrogens with zero attached hydrogens (tertiary/aromatic N) is 5. The predicted octanol–water partition coefficient (Wildman–Crippen LogP) is 1.28. The van der Waals surface area contributed by atoms with Gasteiger partial charge in [-0.2, -0.15) is 5.26 Å². The minimum Gasteiger partial charge on any atom is -0.382 e. The van der Waals surface area contributed by atoms with Crippen molar-refractivity contribution in [3.05, 3.63) is 48.0 Å². The number of imidazole rings is 1. The maximum Gasteiger partial charge on any atom is 0.165 e. The molecule has 2 N–H and O–H groups in total. The van der Waals surface area contributed by atoms with Gasteiger partial charge in [0.05, 0.1) is 24.5 Å². The van der Waals surface area contributed by atoms with E-state index in [0.29, 0.717) is 29.4 Å². The van der Waals surface area contributed by atoms with Crippen LogP contribution in [0.2, 0.25) is 0 Å². The Morgan fingerprint density at radius 1 is 1.16 bits per heavy atom. The van der Waals surface area contributed by atoms with Gasteiger partial charge in [-0.3, -0.25) is 0 Å². The van der Waals surface area contributed by atoms with Crippen LogP contribution in [0.25, 0.3) is 11.5 Å². The van der Waals surface area contributed by atoms with Gasteiger partial charge in [-0.15, -0.1) is 0 Å². The molecule has 0 saturated carbocycles. The number of aromatic nitrogens is 4. The number of hydrogen-bond donors (Lipinski definition) is 1. The lowest BCUT2D eigenvalue weighted by Gasteiger charge is -2.11. The number of benzene rings is 1. The molecule has 6 nitrogen and oxygen atoms in total. The summed E-state index contributed by atoms with van der Waals surface area (Å²) in [5.74, 6) is 1.08. The molecule has 2 heterocycles. The molecule has 0 spiro atoms. The van der Waals surface area contributed by atoms with Gasteiger partial charge in [0.15, 0.2) is 11.6 Å². The fourth-order valence-corrected chi connectivity index (χ4v) is 1.90. The van der Waals surface area contributed by atoms with Crippen LogP contribution in [0.3, 0.4) is 0 Å². The molecular formula is C13H10N6. The molecule has 0 saturated heterocycles. The maximum atomic E-state index is 8.76. The van der Waals surface area contributed by atoms with Crippen LogP contribution < -0.4 is 5.73 Å². The molecular weight excluding hydrogens is 240 g/mol. The second kappa shape index (κ2) is 4.38. The molecule has 0 unspecified atom stereocenters. The third kappa shape index (κ3) is 1.98. The van der Waals surface area contributed by atoms with E-state index in [2.05, 4.69) is 21.0 Å². The van der Waals surface area contributed by atoms with Crippen molar-refractivity contribution in [1.29, 1.82) is 5.26 Å². The Morgan fingerprint density at radius 3 is 2.68 bits per heavy atom. The van der Waals surface area contributed by atoms with E-state index in [1.54, 1.807) is 18.5 Å². The third-order valence-electron chi connectivity index (χ3n) is 2.87. The van der Waals surface area contributed by atoms with Gasteiger partial charge in [0, 0.05) is 0 Å². The van der Waals surface area contributed by atoms with E-state index < -0.39 is 0 Å². The molecule has 0 aliphatic carbocycles. The lowest BCUT2D eigenvalue weighted by Crippen LogP contribution is -2.09. The van der Waals surface area contributed by atoms with E-state index >= 15 is 0 Å². The zero-order chi connectivity index (χ0) is 13.2. The first-order chi connectivity index (χ1) is 9.28. The number of nitriles is 1. The summed E-state index contributed by atoms with van der Waals surface area (Å²) in [5.41, 5.74) is 8.04. The minimum absolute atomic E-state index is 0.378. The number of rotatable bonds is 2. The summed E-state index contributed by atoms with van der Waals surface area (Å²) in [6.07, 6.45) is 3.11. The first kappa shape index (κ1) is 11.2. The van der Waals surface area contributed by atoms with Crippen molar-refractivity contribution in [2.24, 2.45) is 0 Å². The molecule has 2 aliphatic rings. The molecule has 2 aliphatic heterocycles. The molecule has 3 rings (SSSR count). The molecule has 0 fully saturated rings. The molecule has 19 heavy (non-hydrogen) atoms. The highest BCUT2D eigenvalue weighted by Gasteiger charge is 2.14. The van der Waals surface area contributed by atoms with E-state index in [-0.39, 0.29) is 0 Å². The highest BCUT2D eigenvalue weighted by Crippen LogP contribution is 2.22. The first-order valence-corrected chi connectivity index (χ1v) is 5.68. The quantitative estimate of drug-likeness (QED) is 0.739. The normalized spacial score (nSPS) is 10.5. The summed E-state index contributed by atoms with van der Waals surface area (Å²) < 4.78 is 1.88. The third-order valence-corrected chi connectivity index (χ3v) is 2.87. The van der Waals surface area contributed by atoms with Gasteiger partial charge < -0.3 is 10.3 Å². The van der Waals surface area contributed by atoms with Crippen molar-refractivity contribution >= 4 is 5.82 Å². The van der Waals surface area contributed by atoms with E-state index in [1.165, 1.54) is 6.33 Å². The Balaban J connectivity index is 1.95. The second-order valence-corrected chi connectivity index (χ2v) is 4.11. The average molecular weight is 250 g/mol. The van der Waals surface area contributed by atoms with Crippen molar-refractivity contribution in [2.75, 3.05) is 5.73 Å².